The molecule has 0 bridgehead atoms. The number of anilines is 3. The van der Waals surface area contributed by atoms with Crippen LogP contribution in [-0.2, 0) is 6.18 Å². The first-order valence-corrected chi connectivity index (χ1v) is 8.54. The highest BCUT2D eigenvalue weighted by Crippen LogP contribution is 2.32. The number of nitrogens with one attached hydrogen (secondary N) is 2. The molecule has 4 nitrogen and oxygen atoms in total. The van der Waals surface area contributed by atoms with E-state index < -0.39 is 11.9 Å². The number of rotatable bonds is 4. The number of alkyl halides is 3. The van der Waals surface area contributed by atoms with Crippen molar-refractivity contribution in [3.05, 3.63) is 41.0 Å². The molecule has 0 atom stereocenters. The van der Waals surface area contributed by atoms with E-state index in [0.29, 0.717) is 10.7 Å². The van der Waals surface area contributed by atoms with Crippen LogP contribution < -0.4 is 10.6 Å². The van der Waals surface area contributed by atoms with Crippen LogP contribution in [0, 0.1) is 0 Å². The third-order valence-electron chi connectivity index (χ3n) is 4.09. The molecule has 1 aliphatic rings. The van der Waals surface area contributed by atoms with Gasteiger partial charge in [-0.15, -0.1) is 0 Å². The fourth-order valence-electron chi connectivity index (χ4n) is 2.85. The van der Waals surface area contributed by atoms with Gasteiger partial charge < -0.3 is 10.6 Å². The second kappa shape index (κ2) is 7.47. The minimum absolute atomic E-state index is 0.0173. The standard InChI is InChI=1S/C17H18ClF3N4/c18-12-8-4-5-9-13(12)23-15-10-14(17(19,20)21)24-16(25-15)22-11-6-2-1-3-7-11/h4-5,8-11H,1-3,6-7H2,(H2,22,23,24,25). The summed E-state index contributed by atoms with van der Waals surface area (Å²) < 4.78 is 39.5. The quantitative estimate of drug-likeness (QED) is 0.731. The van der Waals surface area contributed by atoms with E-state index >= 15 is 0 Å². The Morgan fingerprint density at radius 3 is 2.44 bits per heavy atom. The van der Waals surface area contributed by atoms with Crippen LogP contribution in [0.1, 0.15) is 37.8 Å². The van der Waals surface area contributed by atoms with Crippen LogP contribution in [0.2, 0.25) is 5.02 Å². The van der Waals surface area contributed by atoms with Gasteiger partial charge >= 0.3 is 6.18 Å². The number of aromatic nitrogens is 2. The molecule has 1 aliphatic carbocycles. The first kappa shape index (κ1) is 17.8. The molecule has 8 heteroatoms. The monoisotopic (exact) mass is 370 g/mol. The third-order valence-corrected chi connectivity index (χ3v) is 4.42. The second-order valence-electron chi connectivity index (χ2n) is 6.04. The van der Waals surface area contributed by atoms with Gasteiger partial charge in [-0.1, -0.05) is 43.0 Å². The van der Waals surface area contributed by atoms with Crippen LogP contribution in [0.25, 0.3) is 0 Å². The molecule has 1 heterocycles. The van der Waals surface area contributed by atoms with E-state index in [4.69, 9.17) is 11.6 Å². The van der Waals surface area contributed by atoms with Crippen LogP contribution in [-0.4, -0.2) is 16.0 Å². The molecule has 0 aliphatic heterocycles. The van der Waals surface area contributed by atoms with Gasteiger partial charge in [0, 0.05) is 12.1 Å². The normalized spacial score (nSPS) is 15.8. The number of halogens is 4. The molecule has 0 radical (unpaired) electrons. The number of para-hydroxylation sites is 1. The zero-order valence-electron chi connectivity index (χ0n) is 13.4. The molecule has 0 spiro atoms. The van der Waals surface area contributed by atoms with Gasteiger partial charge in [-0.2, -0.15) is 18.2 Å². The summed E-state index contributed by atoms with van der Waals surface area (Å²) >= 11 is 6.06. The molecule has 0 amide bonds. The van der Waals surface area contributed by atoms with Crippen molar-refractivity contribution in [1.82, 2.24) is 9.97 Å². The molecule has 2 N–H and O–H groups in total. The average molecular weight is 371 g/mol. The van der Waals surface area contributed by atoms with Crippen molar-refractivity contribution in [2.75, 3.05) is 10.6 Å². The Bertz CT molecular complexity index is 730. The van der Waals surface area contributed by atoms with Crippen LogP contribution in [0.5, 0.6) is 0 Å². The number of hydrogen-bond acceptors (Lipinski definition) is 4. The van der Waals surface area contributed by atoms with Crippen LogP contribution in [0.4, 0.5) is 30.6 Å². The van der Waals surface area contributed by atoms with Gasteiger partial charge in [-0.05, 0) is 25.0 Å². The molecule has 2 aromatic rings. The number of hydrogen-bond donors (Lipinski definition) is 2. The van der Waals surface area contributed by atoms with E-state index in [-0.39, 0.29) is 17.8 Å². The Morgan fingerprint density at radius 2 is 1.76 bits per heavy atom. The maximum atomic E-state index is 13.2. The molecular formula is C17H18ClF3N4. The summed E-state index contributed by atoms with van der Waals surface area (Å²) in [7, 11) is 0. The van der Waals surface area contributed by atoms with Crippen molar-refractivity contribution in [2.24, 2.45) is 0 Å². The lowest BCUT2D eigenvalue weighted by atomic mass is 9.96. The largest absolute Gasteiger partial charge is 0.433 e. The van der Waals surface area contributed by atoms with Gasteiger partial charge in [0.1, 0.15) is 5.82 Å². The van der Waals surface area contributed by atoms with E-state index in [2.05, 4.69) is 20.6 Å². The highest BCUT2D eigenvalue weighted by Gasteiger charge is 2.34. The van der Waals surface area contributed by atoms with Crippen LogP contribution >= 0.6 is 11.6 Å². The van der Waals surface area contributed by atoms with Crippen molar-refractivity contribution in [3.8, 4) is 0 Å². The maximum absolute atomic E-state index is 13.2. The van der Waals surface area contributed by atoms with Crippen molar-refractivity contribution in [2.45, 2.75) is 44.3 Å². The first-order valence-electron chi connectivity index (χ1n) is 8.16. The predicted octanol–water partition coefficient (Wildman–Crippen LogP) is 5.64. The molecule has 0 unspecified atom stereocenters. The topological polar surface area (TPSA) is 49.8 Å². The molecule has 1 fully saturated rings. The molecule has 134 valence electrons. The molecule has 0 saturated heterocycles. The second-order valence-corrected chi connectivity index (χ2v) is 6.45. The Morgan fingerprint density at radius 1 is 1.04 bits per heavy atom. The summed E-state index contributed by atoms with van der Waals surface area (Å²) in [5.41, 5.74) is -0.505. The van der Waals surface area contributed by atoms with Gasteiger partial charge in [-0.3, -0.25) is 0 Å². The molecule has 1 aromatic carbocycles. The summed E-state index contributed by atoms with van der Waals surface area (Å²) in [6.07, 6.45) is 0.534. The maximum Gasteiger partial charge on any atom is 0.433 e. The van der Waals surface area contributed by atoms with Crippen molar-refractivity contribution >= 4 is 29.1 Å². The first-order chi connectivity index (χ1) is 11.9. The summed E-state index contributed by atoms with van der Waals surface area (Å²) in [5, 5.41) is 6.28. The Hall–Kier alpha value is -2.02. The Labute approximate surface area is 148 Å². The Balaban J connectivity index is 1.88. The lowest BCUT2D eigenvalue weighted by molar-refractivity contribution is -0.141. The van der Waals surface area contributed by atoms with E-state index in [0.717, 1.165) is 38.2 Å². The van der Waals surface area contributed by atoms with E-state index in [1.165, 1.54) is 0 Å². The molecule has 3 rings (SSSR count). The van der Waals surface area contributed by atoms with Crippen LogP contribution in [0.3, 0.4) is 0 Å². The van der Waals surface area contributed by atoms with Gasteiger partial charge in [0.2, 0.25) is 5.95 Å². The zero-order valence-corrected chi connectivity index (χ0v) is 14.2. The van der Waals surface area contributed by atoms with Crippen molar-refractivity contribution in [3.63, 3.8) is 0 Å². The number of nitrogens with zero attached hydrogens (tertiary/aromatic N) is 2. The fraction of sp³-hybridized carbons (Fsp3) is 0.412. The fourth-order valence-corrected chi connectivity index (χ4v) is 3.03. The lowest BCUT2D eigenvalue weighted by Gasteiger charge is -2.23. The minimum Gasteiger partial charge on any atom is -0.351 e. The summed E-state index contributed by atoms with van der Waals surface area (Å²) in [4.78, 5) is 7.83. The molecule has 1 saturated carbocycles. The van der Waals surface area contributed by atoms with Gasteiger partial charge in [-0.25, -0.2) is 4.98 Å². The Kier molecular flexibility index (Phi) is 5.32. The average Bonchev–Trinajstić information content (AvgIpc) is 2.57. The number of benzene rings is 1. The molecule has 1 aromatic heterocycles. The van der Waals surface area contributed by atoms with E-state index in [1.54, 1.807) is 24.3 Å². The lowest BCUT2D eigenvalue weighted by Crippen LogP contribution is -2.24. The SMILES string of the molecule is FC(F)(F)c1cc(Nc2ccccc2Cl)nc(NC2CCCCC2)n1. The highest BCUT2D eigenvalue weighted by atomic mass is 35.5. The smallest absolute Gasteiger partial charge is 0.351 e. The van der Waals surface area contributed by atoms with Gasteiger partial charge in [0.15, 0.2) is 5.69 Å². The minimum atomic E-state index is -4.55. The predicted molar refractivity (Wildman–Crippen MR) is 92.3 cm³/mol. The van der Waals surface area contributed by atoms with E-state index in [9.17, 15) is 13.2 Å². The highest BCUT2D eigenvalue weighted by molar-refractivity contribution is 6.33. The third kappa shape index (κ3) is 4.75. The van der Waals surface area contributed by atoms with Gasteiger partial charge in [0.25, 0.3) is 0 Å². The summed E-state index contributed by atoms with van der Waals surface area (Å²) in [5.74, 6) is 0.0324. The molecular weight excluding hydrogens is 353 g/mol. The van der Waals surface area contributed by atoms with Crippen LogP contribution in [0.15, 0.2) is 30.3 Å². The van der Waals surface area contributed by atoms with Crippen molar-refractivity contribution < 1.29 is 13.2 Å². The summed E-state index contributed by atoms with van der Waals surface area (Å²) in [6, 6.07) is 7.79. The molecule has 25 heavy (non-hydrogen) atoms. The van der Waals surface area contributed by atoms with Gasteiger partial charge in [0.05, 0.1) is 10.7 Å². The van der Waals surface area contributed by atoms with E-state index in [1.807, 2.05) is 0 Å². The zero-order chi connectivity index (χ0) is 17.9. The van der Waals surface area contributed by atoms with Crippen molar-refractivity contribution in [1.29, 1.82) is 0 Å². The summed E-state index contributed by atoms with van der Waals surface area (Å²) in [6.45, 7) is 0.